The quantitative estimate of drug-likeness (QED) is 0.251. The first-order valence-electron chi connectivity index (χ1n) is 5.98. The van der Waals surface area contributed by atoms with E-state index in [4.69, 9.17) is 58.0 Å². The lowest BCUT2D eigenvalue weighted by Gasteiger charge is -2.15. The Bertz CT molecular complexity index is 512. The van der Waals surface area contributed by atoms with Crippen molar-refractivity contribution in [1.82, 2.24) is 5.32 Å². The molecular formula is C12H12BrCl5N2O. The molecule has 1 aromatic carbocycles. The van der Waals surface area contributed by atoms with Crippen molar-refractivity contribution < 1.29 is 4.79 Å². The highest BCUT2D eigenvalue weighted by molar-refractivity contribution is 9.10. The third-order valence-electron chi connectivity index (χ3n) is 2.58. The molecule has 3 nitrogen and oxygen atoms in total. The second kappa shape index (κ2) is 8.90. The normalized spacial score (nSPS) is 12.1. The standard InChI is InChI=1S/C12H12BrCl5N2O/c1-2-5(13)12(21)20-4-3-19-11-9(17)7(15)6(14)8(16)10(11)18/h5,19H,2-4H2,1H3,(H,20,21). The van der Waals surface area contributed by atoms with E-state index in [0.717, 1.165) is 0 Å². The Hall–Kier alpha value is 0.420. The van der Waals surface area contributed by atoms with Crippen LogP contribution in [0.15, 0.2) is 0 Å². The summed E-state index contributed by atoms with van der Waals surface area (Å²) in [5, 5.41) is 6.49. The lowest BCUT2D eigenvalue weighted by atomic mass is 10.3. The fraction of sp³-hybridized carbons (Fsp3) is 0.417. The minimum Gasteiger partial charge on any atom is -0.381 e. The van der Waals surface area contributed by atoms with E-state index in [0.29, 0.717) is 25.2 Å². The van der Waals surface area contributed by atoms with Crippen LogP contribution in [0.2, 0.25) is 25.1 Å². The van der Waals surface area contributed by atoms with Gasteiger partial charge in [-0.2, -0.15) is 0 Å². The highest BCUT2D eigenvalue weighted by atomic mass is 79.9. The van der Waals surface area contributed by atoms with Crippen molar-refractivity contribution in [2.75, 3.05) is 18.4 Å². The van der Waals surface area contributed by atoms with Crippen molar-refractivity contribution in [3.05, 3.63) is 25.1 Å². The van der Waals surface area contributed by atoms with E-state index >= 15 is 0 Å². The van der Waals surface area contributed by atoms with Crippen molar-refractivity contribution in [3.8, 4) is 0 Å². The average Bonchev–Trinajstić information content (AvgIpc) is 2.49. The van der Waals surface area contributed by atoms with Crippen LogP contribution in [0, 0.1) is 0 Å². The van der Waals surface area contributed by atoms with Gasteiger partial charge in [-0.3, -0.25) is 4.79 Å². The summed E-state index contributed by atoms with van der Waals surface area (Å²) in [5.74, 6) is -0.0799. The van der Waals surface area contributed by atoms with Gasteiger partial charge < -0.3 is 10.6 Å². The van der Waals surface area contributed by atoms with Crippen molar-refractivity contribution >= 4 is 85.5 Å². The number of halogens is 6. The van der Waals surface area contributed by atoms with E-state index in [1.807, 2.05) is 6.92 Å². The summed E-state index contributed by atoms with van der Waals surface area (Å²) in [5.41, 5.74) is 0.387. The second-order valence-corrected chi connectivity index (χ2v) is 7.03. The molecule has 1 atom stereocenters. The SMILES string of the molecule is CCC(Br)C(=O)NCCNc1c(Cl)c(Cl)c(Cl)c(Cl)c1Cl. The summed E-state index contributed by atoms with van der Waals surface area (Å²) in [6.07, 6.45) is 0.708. The van der Waals surface area contributed by atoms with Gasteiger partial charge in [0.1, 0.15) is 0 Å². The molecule has 1 aromatic rings. The number of carbonyl (C=O) groups is 1. The van der Waals surface area contributed by atoms with Crippen LogP contribution in [0.25, 0.3) is 0 Å². The molecule has 1 rings (SSSR count). The molecule has 118 valence electrons. The number of amides is 1. The number of hydrogen-bond acceptors (Lipinski definition) is 2. The van der Waals surface area contributed by atoms with E-state index in [1.165, 1.54) is 0 Å². The molecule has 0 heterocycles. The maximum atomic E-state index is 11.6. The first-order valence-corrected chi connectivity index (χ1v) is 8.78. The Kier molecular flexibility index (Phi) is 8.25. The molecule has 0 bridgehead atoms. The summed E-state index contributed by atoms with van der Waals surface area (Å²) in [7, 11) is 0. The minimum absolute atomic E-state index is 0.0799. The summed E-state index contributed by atoms with van der Waals surface area (Å²) in [6, 6.07) is 0. The van der Waals surface area contributed by atoms with E-state index in [2.05, 4.69) is 26.6 Å². The number of carbonyl (C=O) groups excluding carboxylic acids is 1. The number of rotatable bonds is 6. The Morgan fingerprint density at radius 2 is 1.48 bits per heavy atom. The van der Waals surface area contributed by atoms with Crippen LogP contribution in [-0.4, -0.2) is 23.8 Å². The predicted octanol–water partition coefficient (Wildman–Crippen LogP) is 5.66. The van der Waals surface area contributed by atoms with Gasteiger partial charge in [0.05, 0.1) is 35.6 Å². The van der Waals surface area contributed by atoms with Crippen LogP contribution in [0.5, 0.6) is 0 Å². The van der Waals surface area contributed by atoms with Crippen molar-refractivity contribution in [2.24, 2.45) is 0 Å². The average molecular weight is 457 g/mol. The Morgan fingerprint density at radius 1 is 1.00 bits per heavy atom. The second-order valence-electron chi connectivity index (χ2n) is 4.04. The lowest BCUT2D eigenvalue weighted by Crippen LogP contribution is -2.34. The number of hydrogen-bond donors (Lipinski definition) is 2. The van der Waals surface area contributed by atoms with Gasteiger partial charge in [-0.05, 0) is 6.42 Å². The van der Waals surface area contributed by atoms with Gasteiger partial charge in [-0.15, -0.1) is 0 Å². The molecule has 0 aliphatic rings. The molecule has 0 radical (unpaired) electrons. The van der Waals surface area contributed by atoms with Gasteiger partial charge in [0.15, 0.2) is 0 Å². The smallest absolute Gasteiger partial charge is 0.233 e. The van der Waals surface area contributed by atoms with Gasteiger partial charge in [-0.1, -0.05) is 80.9 Å². The summed E-state index contributed by atoms with van der Waals surface area (Å²) < 4.78 is 0. The molecule has 0 aliphatic heterocycles. The minimum atomic E-state index is -0.205. The van der Waals surface area contributed by atoms with Crippen LogP contribution >= 0.6 is 73.9 Å². The summed E-state index contributed by atoms with van der Waals surface area (Å²) in [4.78, 5) is 11.4. The van der Waals surface area contributed by atoms with Gasteiger partial charge in [0.25, 0.3) is 0 Å². The van der Waals surface area contributed by atoms with Crippen molar-refractivity contribution in [1.29, 1.82) is 0 Å². The van der Waals surface area contributed by atoms with Crippen LogP contribution in [0.1, 0.15) is 13.3 Å². The first kappa shape index (κ1) is 19.5. The van der Waals surface area contributed by atoms with E-state index < -0.39 is 0 Å². The monoisotopic (exact) mass is 454 g/mol. The molecule has 0 spiro atoms. The Balaban J connectivity index is 2.67. The third-order valence-corrected chi connectivity index (χ3v) is 5.92. The Labute approximate surface area is 156 Å². The zero-order chi connectivity index (χ0) is 16.2. The summed E-state index contributed by atoms with van der Waals surface area (Å²) >= 11 is 33.2. The van der Waals surface area contributed by atoms with Gasteiger partial charge in [0.2, 0.25) is 5.91 Å². The van der Waals surface area contributed by atoms with Crippen LogP contribution < -0.4 is 10.6 Å². The zero-order valence-corrected chi connectivity index (χ0v) is 16.2. The van der Waals surface area contributed by atoms with Crippen molar-refractivity contribution in [3.63, 3.8) is 0 Å². The van der Waals surface area contributed by atoms with Crippen LogP contribution in [0.3, 0.4) is 0 Å². The molecule has 1 unspecified atom stereocenters. The van der Waals surface area contributed by atoms with Gasteiger partial charge in [0, 0.05) is 13.1 Å². The zero-order valence-electron chi connectivity index (χ0n) is 10.9. The molecule has 0 fully saturated rings. The molecule has 0 aliphatic carbocycles. The van der Waals surface area contributed by atoms with E-state index in [1.54, 1.807) is 0 Å². The molecule has 1 amide bonds. The highest BCUT2D eigenvalue weighted by Crippen LogP contribution is 2.46. The molecule has 2 N–H and O–H groups in total. The number of benzene rings is 1. The van der Waals surface area contributed by atoms with Gasteiger partial charge >= 0.3 is 0 Å². The molecular weight excluding hydrogens is 445 g/mol. The fourth-order valence-corrected chi connectivity index (χ4v) is 2.86. The van der Waals surface area contributed by atoms with Gasteiger partial charge in [-0.25, -0.2) is 0 Å². The summed E-state index contributed by atoms with van der Waals surface area (Å²) in [6.45, 7) is 2.71. The molecule has 0 aromatic heterocycles. The molecule has 9 heteroatoms. The topological polar surface area (TPSA) is 41.1 Å². The maximum Gasteiger partial charge on any atom is 0.233 e. The number of nitrogens with one attached hydrogen (secondary N) is 2. The third kappa shape index (κ3) is 4.95. The highest BCUT2D eigenvalue weighted by Gasteiger charge is 2.19. The predicted molar refractivity (Wildman–Crippen MR) is 96.0 cm³/mol. The van der Waals surface area contributed by atoms with Crippen LogP contribution in [-0.2, 0) is 4.79 Å². The molecule has 0 saturated heterocycles. The maximum absolute atomic E-state index is 11.6. The molecule has 0 saturated carbocycles. The van der Waals surface area contributed by atoms with E-state index in [9.17, 15) is 4.79 Å². The van der Waals surface area contributed by atoms with Crippen molar-refractivity contribution in [2.45, 2.75) is 18.2 Å². The van der Waals surface area contributed by atoms with E-state index in [-0.39, 0.29) is 35.8 Å². The van der Waals surface area contributed by atoms with Crippen LogP contribution in [0.4, 0.5) is 5.69 Å². The number of alkyl halides is 1. The number of anilines is 1. The fourth-order valence-electron chi connectivity index (χ4n) is 1.43. The lowest BCUT2D eigenvalue weighted by molar-refractivity contribution is -0.120. The molecule has 21 heavy (non-hydrogen) atoms. The Morgan fingerprint density at radius 3 is 1.95 bits per heavy atom. The largest absolute Gasteiger partial charge is 0.381 e. The first-order chi connectivity index (χ1) is 9.81.